The van der Waals surface area contributed by atoms with Gasteiger partial charge in [0.2, 0.25) is 0 Å². The normalized spacial score (nSPS) is 12.7. The van der Waals surface area contributed by atoms with Gasteiger partial charge in [-0.1, -0.05) is 13.0 Å². The molecule has 1 N–H and O–H groups in total. The van der Waals surface area contributed by atoms with Crippen molar-refractivity contribution in [3.05, 3.63) is 54.6 Å². The van der Waals surface area contributed by atoms with Gasteiger partial charge in [0.1, 0.15) is 11.6 Å². The molecule has 0 bridgehead atoms. The summed E-state index contributed by atoms with van der Waals surface area (Å²) in [5.74, 6) is -1.11. The first-order valence-electron chi connectivity index (χ1n) is 5.66. The van der Waals surface area contributed by atoms with E-state index in [4.69, 9.17) is 0 Å². The summed E-state index contributed by atoms with van der Waals surface area (Å²) in [4.78, 5) is 0. The fourth-order valence-electron chi connectivity index (χ4n) is 1.88. The van der Waals surface area contributed by atoms with E-state index in [0.29, 0.717) is 12.1 Å². The van der Waals surface area contributed by atoms with Crippen molar-refractivity contribution in [2.24, 2.45) is 0 Å². The highest BCUT2D eigenvalue weighted by Crippen LogP contribution is 2.38. The highest BCUT2D eigenvalue weighted by Gasteiger charge is 2.21. The number of thiophene rings is 1. The highest BCUT2D eigenvalue weighted by molar-refractivity contribution is 9.12. The monoisotopic (exact) mass is 409 g/mol. The van der Waals surface area contributed by atoms with E-state index < -0.39 is 11.6 Å². The van der Waals surface area contributed by atoms with Gasteiger partial charge in [0, 0.05) is 11.6 Å². The molecule has 0 saturated heterocycles. The van der Waals surface area contributed by atoms with Crippen LogP contribution in [-0.2, 0) is 0 Å². The van der Waals surface area contributed by atoms with E-state index in [2.05, 4.69) is 37.2 Å². The van der Waals surface area contributed by atoms with Crippen molar-refractivity contribution in [2.45, 2.75) is 13.0 Å². The lowest BCUT2D eigenvalue weighted by molar-refractivity contribution is 0.541. The number of rotatable bonds is 4. The minimum Gasteiger partial charge on any atom is -0.306 e. The minimum atomic E-state index is -0.568. The smallest absolute Gasteiger partial charge is 0.131 e. The Bertz CT molecular complexity index is 586. The second-order valence-electron chi connectivity index (χ2n) is 3.94. The molecular formula is C13H11Br2F2NS. The van der Waals surface area contributed by atoms with Crippen LogP contribution >= 0.6 is 43.2 Å². The van der Waals surface area contributed by atoms with Crippen molar-refractivity contribution in [3.63, 3.8) is 0 Å². The molecule has 0 radical (unpaired) electrons. The van der Waals surface area contributed by atoms with Gasteiger partial charge in [-0.15, -0.1) is 11.3 Å². The summed E-state index contributed by atoms with van der Waals surface area (Å²) in [7, 11) is 0. The molecule has 0 amide bonds. The first kappa shape index (κ1) is 15.1. The molecule has 0 aliphatic heterocycles. The molecule has 0 aliphatic rings. The van der Waals surface area contributed by atoms with Crippen LogP contribution < -0.4 is 5.32 Å². The first-order valence-corrected chi connectivity index (χ1v) is 8.06. The lowest BCUT2D eigenvalue weighted by Gasteiger charge is -2.18. The van der Waals surface area contributed by atoms with Crippen LogP contribution in [0.3, 0.4) is 0 Å². The summed E-state index contributed by atoms with van der Waals surface area (Å²) in [6.45, 7) is 2.63. The molecule has 2 rings (SSSR count). The van der Waals surface area contributed by atoms with Crippen LogP contribution in [0.1, 0.15) is 24.1 Å². The first-order chi connectivity index (χ1) is 9.02. The van der Waals surface area contributed by atoms with E-state index in [0.717, 1.165) is 19.2 Å². The van der Waals surface area contributed by atoms with Gasteiger partial charge in [-0.25, -0.2) is 8.78 Å². The number of hydrogen-bond donors (Lipinski definition) is 1. The zero-order valence-electron chi connectivity index (χ0n) is 10.0. The molecule has 1 unspecified atom stereocenters. The standard InChI is InChI=1S/C13H11Br2F2NS/c1-2-18-12(9-6-11(14)19-13(9)15)8-4-3-7(16)5-10(8)17/h3-6,12,18H,2H2,1H3. The fraction of sp³-hybridized carbons (Fsp3) is 0.231. The summed E-state index contributed by atoms with van der Waals surface area (Å²) in [5, 5.41) is 3.22. The second-order valence-corrected chi connectivity index (χ2v) is 7.69. The Hall–Kier alpha value is -0.300. The van der Waals surface area contributed by atoms with Crippen LogP contribution in [-0.4, -0.2) is 6.54 Å². The van der Waals surface area contributed by atoms with Crippen LogP contribution in [0.2, 0.25) is 0 Å². The van der Waals surface area contributed by atoms with Gasteiger partial charge in [-0.05, 0) is 56.1 Å². The van der Waals surface area contributed by atoms with E-state index in [1.165, 1.54) is 23.5 Å². The lowest BCUT2D eigenvalue weighted by atomic mass is 10.0. The topological polar surface area (TPSA) is 12.0 Å². The van der Waals surface area contributed by atoms with Crippen LogP contribution in [0, 0.1) is 11.6 Å². The van der Waals surface area contributed by atoms with E-state index >= 15 is 0 Å². The summed E-state index contributed by atoms with van der Waals surface area (Å²) in [6, 6.07) is 5.30. The van der Waals surface area contributed by atoms with Gasteiger partial charge in [0.15, 0.2) is 0 Å². The van der Waals surface area contributed by atoms with Gasteiger partial charge in [-0.2, -0.15) is 0 Å². The Morgan fingerprint density at radius 3 is 2.47 bits per heavy atom. The van der Waals surface area contributed by atoms with Crippen LogP contribution in [0.5, 0.6) is 0 Å². The van der Waals surface area contributed by atoms with Gasteiger partial charge in [-0.3, -0.25) is 0 Å². The summed E-state index contributed by atoms with van der Waals surface area (Å²) in [5.41, 5.74) is 1.37. The molecule has 0 fully saturated rings. The quantitative estimate of drug-likeness (QED) is 0.725. The second kappa shape index (κ2) is 6.43. The third-order valence-electron chi connectivity index (χ3n) is 2.68. The third kappa shape index (κ3) is 3.42. The van der Waals surface area contributed by atoms with Gasteiger partial charge in [0.25, 0.3) is 0 Å². The summed E-state index contributed by atoms with van der Waals surface area (Å²) in [6.07, 6.45) is 0. The zero-order valence-corrected chi connectivity index (χ0v) is 14.0. The Morgan fingerprint density at radius 2 is 1.95 bits per heavy atom. The molecule has 2 aromatic rings. The molecule has 1 nitrogen and oxygen atoms in total. The zero-order chi connectivity index (χ0) is 14.0. The summed E-state index contributed by atoms with van der Waals surface area (Å²) < 4.78 is 28.8. The van der Waals surface area contributed by atoms with Crippen molar-refractivity contribution in [2.75, 3.05) is 6.54 Å². The van der Waals surface area contributed by atoms with Crippen molar-refractivity contribution in [3.8, 4) is 0 Å². The van der Waals surface area contributed by atoms with Crippen molar-refractivity contribution in [1.29, 1.82) is 0 Å². The predicted molar refractivity (Wildman–Crippen MR) is 81.6 cm³/mol. The number of hydrogen-bond acceptors (Lipinski definition) is 2. The molecule has 6 heteroatoms. The fourth-order valence-corrected chi connectivity index (χ4v) is 4.78. The number of halogens is 4. The van der Waals surface area contributed by atoms with Crippen LogP contribution in [0.15, 0.2) is 31.8 Å². The minimum absolute atomic E-state index is 0.303. The molecule has 1 aromatic heterocycles. The predicted octanol–water partition coefficient (Wildman–Crippen LogP) is 5.25. The maximum absolute atomic E-state index is 13.9. The highest BCUT2D eigenvalue weighted by atomic mass is 79.9. The molecule has 1 heterocycles. The maximum atomic E-state index is 13.9. The SMILES string of the molecule is CCNC(c1ccc(F)cc1F)c1cc(Br)sc1Br. The van der Waals surface area contributed by atoms with Crippen molar-refractivity contribution >= 4 is 43.2 Å². The van der Waals surface area contributed by atoms with Crippen molar-refractivity contribution < 1.29 is 8.78 Å². The largest absolute Gasteiger partial charge is 0.306 e. The Kier molecular flexibility index (Phi) is 5.11. The molecule has 19 heavy (non-hydrogen) atoms. The number of nitrogens with one attached hydrogen (secondary N) is 1. The molecular weight excluding hydrogens is 400 g/mol. The van der Waals surface area contributed by atoms with Gasteiger partial charge in [0.05, 0.1) is 13.6 Å². The average molecular weight is 411 g/mol. The van der Waals surface area contributed by atoms with Crippen molar-refractivity contribution in [1.82, 2.24) is 5.32 Å². The molecule has 1 aromatic carbocycles. The summed E-state index contributed by atoms with van der Waals surface area (Å²) >= 11 is 8.41. The average Bonchev–Trinajstić information content (AvgIpc) is 2.66. The lowest BCUT2D eigenvalue weighted by Crippen LogP contribution is -2.23. The third-order valence-corrected chi connectivity index (χ3v) is 5.06. The van der Waals surface area contributed by atoms with Gasteiger partial charge < -0.3 is 5.32 Å². The van der Waals surface area contributed by atoms with Crippen LogP contribution in [0.25, 0.3) is 0 Å². The van der Waals surface area contributed by atoms with E-state index in [1.807, 2.05) is 13.0 Å². The maximum Gasteiger partial charge on any atom is 0.131 e. The Morgan fingerprint density at radius 1 is 1.21 bits per heavy atom. The number of benzene rings is 1. The molecule has 0 aliphatic carbocycles. The molecule has 102 valence electrons. The molecule has 0 spiro atoms. The molecule has 0 saturated carbocycles. The Labute approximate surface area is 131 Å². The van der Waals surface area contributed by atoms with E-state index in [1.54, 1.807) is 0 Å². The van der Waals surface area contributed by atoms with E-state index in [-0.39, 0.29) is 6.04 Å². The van der Waals surface area contributed by atoms with Crippen LogP contribution in [0.4, 0.5) is 8.78 Å². The van der Waals surface area contributed by atoms with Gasteiger partial charge >= 0.3 is 0 Å². The Balaban J connectivity index is 2.48. The molecule has 1 atom stereocenters. The van der Waals surface area contributed by atoms with E-state index in [9.17, 15) is 8.78 Å².